The van der Waals surface area contributed by atoms with Crippen molar-refractivity contribution >= 4 is 5.96 Å². The lowest BCUT2D eigenvalue weighted by atomic mass is 10.2. The molecule has 0 atom stereocenters. The van der Waals surface area contributed by atoms with E-state index in [1.807, 2.05) is 13.0 Å². The van der Waals surface area contributed by atoms with Gasteiger partial charge in [0.1, 0.15) is 18.1 Å². The van der Waals surface area contributed by atoms with E-state index >= 15 is 0 Å². The summed E-state index contributed by atoms with van der Waals surface area (Å²) in [4.78, 5) is 8.37. The fourth-order valence-electron chi connectivity index (χ4n) is 2.12. The number of aromatic nitrogens is 1. The SMILES string of the molecule is CCNC(=NCc1ccccc1OC(F)F)NCCOc1cccnc1. The number of alkyl halides is 2. The first-order chi connectivity index (χ1) is 12.7. The quantitative estimate of drug-likeness (QED) is 0.407. The molecule has 8 heteroatoms. The summed E-state index contributed by atoms with van der Waals surface area (Å²) in [5, 5.41) is 6.22. The van der Waals surface area contributed by atoms with Gasteiger partial charge in [-0.25, -0.2) is 4.99 Å². The highest BCUT2D eigenvalue weighted by Gasteiger charge is 2.09. The van der Waals surface area contributed by atoms with Crippen molar-refractivity contribution in [1.29, 1.82) is 0 Å². The van der Waals surface area contributed by atoms with Gasteiger partial charge in [0, 0.05) is 18.3 Å². The van der Waals surface area contributed by atoms with Crippen LogP contribution in [0, 0.1) is 0 Å². The summed E-state index contributed by atoms with van der Waals surface area (Å²) in [6.07, 6.45) is 3.32. The molecule has 0 saturated heterocycles. The minimum absolute atomic E-state index is 0.127. The Bertz CT molecular complexity index is 684. The molecule has 2 aromatic rings. The summed E-state index contributed by atoms with van der Waals surface area (Å²) < 4.78 is 35.0. The van der Waals surface area contributed by atoms with Crippen molar-refractivity contribution in [3.8, 4) is 11.5 Å². The molecule has 0 unspecified atom stereocenters. The average molecular weight is 364 g/mol. The van der Waals surface area contributed by atoms with Gasteiger partial charge in [0.15, 0.2) is 5.96 Å². The van der Waals surface area contributed by atoms with Gasteiger partial charge in [0.2, 0.25) is 0 Å². The lowest BCUT2D eigenvalue weighted by molar-refractivity contribution is -0.0504. The molecular formula is C18H22F2N4O2. The number of hydrogen-bond acceptors (Lipinski definition) is 4. The van der Waals surface area contributed by atoms with Crippen molar-refractivity contribution in [3.05, 3.63) is 54.4 Å². The number of rotatable bonds is 9. The first kappa shape index (κ1) is 19.4. The van der Waals surface area contributed by atoms with Crippen LogP contribution in [0.2, 0.25) is 0 Å². The standard InChI is InChI=1S/C18H22F2N4O2/c1-2-22-18(23-10-11-25-15-7-5-9-21-13-15)24-12-14-6-3-4-8-16(14)26-17(19)20/h3-9,13,17H,2,10-12H2,1H3,(H2,22,23,24). The van der Waals surface area contributed by atoms with Crippen LogP contribution in [-0.4, -0.2) is 37.3 Å². The Morgan fingerprint density at radius 2 is 2.04 bits per heavy atom. The molecule has 6 nitrogen and oxygen atoms in total. The zero-order valence-electron chi connectivity index (χ0n) is 14.5. The molecule has 2 N–H and O–H groups in total. The highest BCUT2D eigenvalue weighted by Crippen LogP contribution is 2.20. The highest BCUT2D eigenvalue weighted by molar-refractivity contribution is 5.79. The number of aliphatic imine (C=N–C) groups is 1. The Labute approximate surface area is 151 Å². The molecule has 0 aliphatic rings. The van der Waals surface area contributed by atoms with E-state index < -0.39 is 6.61 Å². The minimum atomic E-state index is -2.86. The van der Waals surface area contributed by atoms with Crippen LogP contribution in [0.3, 0.4) is 0 Å². The van der Waals surface area contributed by atoms with Crippen LogP contribution in [0.4, 0.5) is 8.78 Å². The summed E-state index contributed by atoms with van der Waals surface area (Å²) in [6, 6.07) is 10.2. The second kappa shape index (κ2) is 10.9. The largest absolute Gasteiger partial charge is 0.490 e. The summed E-state index contributed by atoms with van der Waals surface area (Å²) in [7, 11) is 0. The van der Waals surface area contributed by atoms with E-state index in [0.29, 0.717) is 37.0 Å². The third-order valence-corrected chi connectivity index (χ3v) is 3.24. The molecule has 1 aromatic heterocycles. The summed E-state index contributed by atoms with van der Waals surface area (Å²) >= 11 is 0. The van der Waals surface area contributed by atoms with E-state index in [9.17, 15) is 8.78 Å². The fourth-order valence-corrected chi connectivity index (χ4v) is 2.12. The van der Waals surface area contributed by atoms with Gasteiger partial charge in [-0.2, -0.15) is 8.78 Å². The maximum Gasteiger partial charge on any atom is 0.387 e. The van der Waals surface area contributed by atoms with Gasteiger partial charge >= 0.3 is 6.61 Å². The predicted octanol–water partition coefficient (Wildman–Crippen LogP) is 2.82. The highest BCUT2D eigenvalue weighted by atomic mass is 19.3. The predicted molar refractivity (Wildman–Crippen MR) is 95.6 cm³/mol. The number of benzene rings is 1. The zero-order valence-corrected chi connectivity index (χ0v) is 14.5. The minimum Gasteiger partial charge on any atom is -0.490 e. The third kappa shape index (κ3) is 6.92. The number of pyridine rings is 1. The molecule has 0 bridgehead atoms. The molecule has 0 radical (unpaired) electrons. The molecule has 1 aromatic carbocycles. The molecular weight excluding hydrogens is 342 g/mol. The summed E-state index contributed by atoms with van der Waals surface area (Å²) in [6.45, 7) is 0.914. The van der Waals surface area contributed by atoms with Crippen LogP contribution in [0.5, 0.6) is 11.5 Å². The maximum atomic E-state index is 12.5. The zero-order chi connectivity index (χ0) is 18.6. The maximum absolute atomic E-state index is 12.5. The van der Waals surface area contributed by atoms with E-state index in [-0.39, 0.29) is 12.3 Å². The summed E-state index contributed by atoms with van der Waals surface area (Å²) in [5.74, 6) is 1.38. The van der Waals surface area contributed by atoms with Gasteiger partial charge in [-0.1, -0.05) is 18.2 Å². The lowest BCUT2D eigenvalue weighted by Crippen LogP contribution is -2.39. The number of guanidine groups is 1. The van der Waals surface area contributed by atoms with Crippen LogP contribution in [0.25, 0.3) is 0 Å². The van der Waals surface area contributed by atoms with Crippen molar-refractivity contribution in [2.24, 2.45) is 4.99 Å². The van der Waals surface area contributed by atoms with Gasteiger partial charge in [-0.3, -0.25) is 4.98 Å². The van der Waals surface area contributed by atoms with Gasteiger partial charge in [0.05, 0.1) is 19.3 Å². The Morgan fingerprint density at radius 1 is 1.19 bits per heavy atom. The number of hydrogen-bond donors (Lipinski definition) is 2. The molecule has 0 aliphatic heterocycles. The molecule has 1 heterocycles. The molecule has 0 saturated carbocycles. The van der Waals surface area contributed by atoms with Crippen molar-refractivity contribution in [2.45, 2.75) is 20.1 Å². The molecule has 0 amide bonds. The molecule has 140 valence electrons. The Morgan fingerprint density at radius 3 is 2.77 bits per heavy atom. The van der Waals surface area contributed by atoms with Crippen LogP contribution in [0.1, 0.15) is 12.5 Å². The van der Waals surface area contributed by atoms with Crippen molar-refractivity contribution < 1.29 is 18.3 Å². The van der Waals surface area contributed by atoms with Gasteiger partial charge in [-0.05, 0) is 25.1 Å². The average Bonchev–Trinajstić information content (AvgIpc) is 2.64. The number of para-hydroxylation sites is 1. The fraction of sp³-hybridized carbons (Fsp3) is 0.333. The van der Waals surface area contributed by atoms with Gasteiger partial charge in [-0.15, -0.1) is 0 Å². The van der Waals surface area contributed by atoms with Crippen LogP contribution < -0.4 is 20.1 Å². The van der Waals surface area contributed by atoms with Crippen molar-refractivity contribution in [2.75, 3.05) is 19.7 Å². The Balaban J connectivity index is 1.88. The molecule has 0 fully saturated rings. The number of halogens is 2. The normalized spacial score (nSPS) is 11.3. The van der Waals surface area contributed by atoms with E-state index in [0.717, 1.165) is 0 Å². The van der Waals surface area contributed by atoms with E-state index in [4.69, 9.17) is 4.74 Å². The van der Waals surface area contributed by atoms with E-state index in [1.54, 1.807) is 36.7 Å². The Hall–Kier alpha value is -2.90. The van der Waals surface area contributed by atoms with Crippen molar-refractivity contribution in [3.63, 3.8) is 0 Å². The number of ether oxygens (including phenoxy) is 2. The Kier molecular flexibility index (Phi) is 8.11. The van der Waals surface area contributed by atoms with E-state index in [2.05, 4.69) is 25.3 Å². The molecule has 0 spiro atoms. The summed E-state index contributed by atoms with van der Waals surface area (Å²) in [5.41, 5.74) is 0.580. The lowest BCUT2D eigenvalue weighted by Gasteiger charge is -2.13. The number of nitrogens with one attached hydrogen (secondary N) is 2. The molecule has 2 rings (SSSR count). The topological polar surface area (TPSA) is 67.8 Å². The van der Waals surface area contributed by atoms with Crippen LogP contribution in [0.15, 0.2) is 53.8 Å². The smallest absolute Gasteiger partial charge is 0.387 e. The molecule has 0 aliphatic carbocycles. The van der Waals surface area contributed by atoms with Gasteiger partial charge < -0.3 is 20.1 Å². The second-order valence-electron chi connectivity index (χ2n) is 5.15. The molecule has 26 heavy (non-hydrogen) atoms. The van der Waals surface area contributed by atoms with Crippen LogP contribution in [-0.2, 0) is 6.54 Å². The van der Waals surface area contributed by atoms with Gasteiger partial charge in [0.25, 0.3) is 0 Å². The monoisotopic (exact) mass is 364 g/mol. The van der Waals surface area contributed by atoms with E-state index in [1.165, 1.54) is 6.07 Å². The third-order valence-electron chi connectivity index (χ3n) is 3.24. The number of nitrogens with zero attached hydrogens (tertiary/aromatic N) is 2. The second-order valence-corrected chi connectivity index (χ2v) is 5.15. The van der Waals surface area contributed by atoms with Crippen LogP contribution >= 0.6 is 0 Å². The first-order valence-electron chi connectivity index (χ1n) is 8.26. The first-order valence-corrected chi connectivity index (χ1v) is 8.26. The van der Waals surface area contributed by atoms with Crippen molar-refractivity contribution in [1.82, 2.24) is 15.6 Å².